The van der Waals surface area contributed by atoms with Crippen LogP contribution in [0.2, 0.25) is 0 Å². The predicted octanol–water partition coefficient (Wildman–Crippen LogP) is 3.41. The normalized spacial score (nSPS) is 14.5. The molecule has 1 unspecified atom stereocenters. The lowest BCUT2D eigenvalue weighted by molar-refractivity contribution is -0.116. The van der Waals surface area contributed by atoms with Crippen molar-refractivity contribution in [3.05, 3.63) is 71.7 Å². The summed E-state index contributed by atoms with van der Waals surface area (Å²) in [5.41, 5.74) is 6.08. The van der Waals surface area contributed by atoms with Crippen molar-refractivity contribution >= 4 is 11.6 Å². The first-order valence-corrected chi connectivity index (χ1v) is 9.30. The second-order valence-corrected chi connectivity index (χ2v) is 7.09. The summed E-state index contributed by atoms with van der Waals surface area (Å²) in [6.45, 7) is 2.39. The number of carbonyl (C=O) groups is 1. The molecule has 2 aromatic carbocycles. The number of nitrogens with one attached hydrogen (secondary N) is 1. The molecule has 27 heavy (non-hydrogen) atoms. The lowest BCUT2D eigenvalue weighted by Gasteiger charge is -2.21. The highest BCUT2D eigenvalue weighted by atomic mass is 16.3. The van der Waals surface area contributed by atoms with Crippen LogP contribution in [0.5, 0.6) is 0 Å². The van der Waals surface area contributed by atoms with Crippen LogP contribution >= 0.6 is 0 Å². The molecule has 0 aliphatic carbocycles. The van der Waals surface area contributed by atoms with E-state index in [1.807, 2.05) is 48.8 Å². The summed E-state index contributed by atoms with van der Waals surface area (Å²) in [7, 11) is 0. The summed E-state index contributed by atoms with van der Waals surface area (Å²) >= 11 is 0. The third kappa shape index (κ3) is 3.64. The molecule has 0 saturated carbocycles. The summed E-state index contributed by atoms with van der Waals surface area (Å²) in [6, 6.07) is 16.2. The van der Waals surface area contributed by atoms with E-state index in [2.05, 4.69) is 20.9 Å². The molecule has 4 rings (SSSR count). The molecule has 0 bridgehead atoms. The topological polar surface area (TPSA) is 67.2 Å². The molecule has 0 saturated heterocycles. The summed E-state index contributed by atoms with van der Waals surface area (Å²) in [4.78, 5) is 16.5. The zero-order valence-electron chi connectivity index (χ0n) is 15.4. The molecule has 138 valence electrons. The van der Waals surface area contributed by atoms with E-state index in [-0.39, 0.29) is 5.91 Å². The van der Waals surface area contributed by atoms with Crippen LogP contribution in [-0.2, 0) is 24.2 Å². The molecule has 2 heterocycles. The Morgan fingerprint density at radius 3 is 2.74 bits per heavy atom. The van der Waals surface area contributed by atoms with Crippen LogP contribution in [0.25, 0.3) is 11.3 Å². The van der Waals surface area contributed by atoms with Crippen molar-refractivity contribution in [1.82, 2.24) is 9.55 Å². The Bertz CT molecular complexity index is 961. The predicted molar refractivity (Wildman–Crippen MR) is 106 cm³/mol. The molecule has 1 aromatic heterocycles. The minimum atomic E-state index is -0.465. The van der Waals surface area contributed by atoms with Crippen molar-refractivity contribution in [2.45, 2.75) is 38.8 Å². The maximum atomic E-state index is 11.9. The van der Waals surface area contributed by atoms with Gasteiger partial charge in [-0.3, -0.25) is 4.79 Å². The Hall–Kier alpha value is -2.92. The number of aromatic nitrogens is 2. The van der Waals surface area contributed by atoms with E-state index in [1.165, 1.54) is 5.56 Å². The first kappa shape index (κ1) is 17.5. The lowest BCUT2D eigenvalue weighted by Crippen LogP contribution is -2.21. The maximum Gasteiger partial charge on any atom is 0.224 e. The number of carbonyl (C=O) groups excluding carboxylic acids is 1. The highest BCUT2D eigenvalue weighted by Gasteiger charge is 2.20. The van der Waals surface area contributed by atoms with Crippen LogP contribution in [0.4, 0.5) is 5.69 Å². The number of imidazole rings is 1. The zero-order valence-corrected chi connectivity index (χ0v) is 15.4. The Labute approximate surface area is 158 Å². The van der Waals surface area contributed by atoms with Gasteiger partial charge in [-0.1, -0.05) is 48.5 Å². The average Bonchev–Trinajstić information content (AvgIpc) is 3.04. The van der Waals surface area contributed by atoms with Crippen LogP contribution in [0.3, 0.4) is 0 Å². The van der Waals surface area contributed by atoms with E-state index in [1.54, 1.807) is 6.92 Å². The van der Waals surface area contributed by atoms with E-state index < -0.39 is 6.10 Å². The fourth-order valence-electron chi connectivity index (χ4n) is 3.66. The van der Waals surface area contributed by atoms with Gasteiger partial charge in [0.15, 0.2) is 0 Å². The number of fused-ring (bicyclic) bond motifs is 1. The summed E-state index contributed by atoms with van der Waals surface area (Å²) in [5, 5.41) is 13.0. The third-order valence-corrected chi connectivity index (χ3v) is 4.95. The largest absolute Gasteiger partial charge is 0.393 e. The Balaban J connectivity index is 1.73. The minimum Gasteiger partial charge on any atom is -0.393 e. The number of anilines is 1. The number of benzene rings is 2. The van der Waals surface area contributed by atoms with Gasteiger partial charge in [0, 0.05) is 29.8 Å². The van der Waals surface area contributed by atoms with E-state index in [0.29, 0.717) is 19.4 Å². The molecule has 0 radical (unpaired) electrons. The molecular weight excluding hydrogens is 338 g/mol. The maximum absolute atomic E-state index is 11.9. The standard InChI is InChI=1S/C22H23N3O2/c1-15(26)12-19-22(16-6-3-2-4-7-16)23-14-25(19)13-18-9-5-8-17-10-11-20(27)24-21(17)18/h2-9,14-15,26H,10-13H2,1H3,(H,24,27). The van der Waals surface area contributed by atoms with Gasteiger partial charge >= 0.3 is 0 Å². The van der Waals surface area contributed by atoms with Gasteiger partial charge in [-0.2, -0.15) is 0 Å². The monoisotopic (exact) mass is 361 g/mol. The van der Waals surface area contributed by atoms with Crippen LogP contribution in [0.1, 0.15) is 30.2 Å². The highest BCUT2D eigenvalue weighted by Crippen LogP contribution is 2.29. The van der Waals surface area contributed by atoms with Gasteiger partial charge < -0.3 is 15.0 Å². The second-order valence-electron chi connectivity index (χ2n) is 7.09. The van der Waals surface area contributed by atoms with Crippen LogP contribution in [0.15, 0.2) is 54.9 Å². The van der Waals surface area contributed by atoms with E-state index in [4.69, 9.17) is 0 Å². The van der Waals surface area contributed by atoms with Crippen LogP contribution < -0.4 is 5.32 Å². The van der Waals surface area contributed by atoms with E-state index >= 15 is 0 Å². The number of rotatable bonds is 5. The van der Waals surface area contributed by atoms with Crippen LogP contribution in [-0.4, -0.2) is 26.7 Å². The molecule has 1 aliphatic heterocycles. The summed E-state index contributed by atoms with van der Waals surface area (Å²) < 4.78 is 2.07. The van der Waals surface area contributed by atoms with Crippen molar-refractivity contribution in [3.8, 4) is 11.3 Å². The fourth-order valence-corrected chi connectivity index (χ4v) is 3.66. The number of amides is 1. The molecule has 5 nitrogen and oxygen atoms in total. The molecule has 3 aromatic rings. The van der Waals surface area contributed by atoms with Gasteiger partial charge in [0.1, 0.15) is 0 Å². The quantitative estimate of drug-likeness (QED) is 0.732. The molecule has 1 amide bonds. The Kier molecular flexibility index (Phi) is 4.77. The van der Waals surface area contributed by atoms with Crippen LogP contribution in [0, 0.1) is 0 Å². The SMILES string of the molecule is CC(O)Cc1c(-c2ccccc2)ncn1Cc1cccc2c1NC(=O)CC2. The first-order valence-electron chi connectivity index (χ1n) is 9.30. The summed E-state index contributed by atoms with van der Waals surface area (Å²) in [5.74, 6) is 0.0646. The first-order chi connectivity index (χ1) is 13.1. The smallest absolute Gasteiger partial charge is 0.224 e. The number of hydrogen-bond acceptors (Lipinski definition) is 3. The average molecular weight is 361 g/mol. The fraction of sp³-hybridized carbons (Fsp3) is 0.273. The van der Waals surface area contributed by atoms with Crippen molar-refractivity contribution < 1.29 is 9.90 Å². The zero-order chi connectivity index (χ0) is 18.8. The van der Waals surface area contributed by atoms with Crippen molar-refractivity contribution in [1.29, 1.82) is 0 Å². The molecule has 2 N–H and O–H groups in total. The van der Waals surface area contributed by atoms with Gasteiger partial charge in [0.2, 0.25) is 5.91 Å². The van der Waals surface area contributed by atoms with E-state index in [0.717, 1.165) is 34.6 Å². The van der Waals surface area contributed by atoms with E-state index in [9.17, 15) is 9.90 Å². The van der Waals surface area contributed by atoms with Gasteiger partial charge in [-0.15, -0.1) is 0 Å². The van der Waals surface area contributed by atoms with Gasteiger partial charge in [-0.25, -0.2) is 4.98 Å². The molecule has 1 atom stereocenters. The third-order valence-electron chi connectivity index (χ3n) is 4.95. The van der Waals surface area contributed by atoms with Gasteiger partial charge in [0.25, 0.3) is 0 Å². The van der Waals surface area contributed by atoms with Crippen molar-refractivity contribution in [2.75, 3.05) is 5.32 Å². The van der Waals surface area contributed by atoms with Crippen molar-refractivity contribution in [2.24, 2.45) is 0 Å². The van der Waals surface area contributed by atoms with Crippen molar-refractivity contribution in [3.63, 3.8) is 0 Å². The molecular formula is C22H23N3O2. The molecule has 5 heteroatoms. The number of para-hydroxylation sites is 1. The number of aliphatic hydroxyl groups excluding tert-OH is 1. The Morgan fingerprint density at radius 1 is 1.15 bits per heavy atom. The second kappa shape index (κ2) is 7.37. The molecule has 1 aliphatic rings. The number of hydrogen-bond donors (Lipinski definition) is 2. The molecule has 0 spiro atoms. The lowest BCUT2D eigenvalue weighted by atomic mass is 9.99. The summed E-state index contributed by atoms with van der Waals surface area (Å²) in [6.07, 6.45) is 3.18. The number of aliphatic hydroxyl groups is 1. The minimum absolute atomic E-state index is 0.0646. The van der Waals surface area contributed by atoms with Gasteiger partial charge in [0.05, 0.1) is 24.7 Å². The molecule has 0 fully saturated rings. The number of aryl methyl sites for hydroxylation is 1. The van der Waals surface area contributed by atoms with Gasteiger partial charge in [-0.05, 0) is 24.5 Å². The number of nitrogens with zero attached hydrogens (tertiary/aromatic N) is 2. The highest BCUT2D eigenvalue weighted by molar-refractivity contribution is 5.94. The Morgan fingerprint density at radius 2 is 1.96 bits per heavy atom.